The van der Waals surface area contributed by atoms with E-state index < -0.39 is 19.8 Å². The Hall–Kier alpha value is -1.92. The number of rotatable bonds is 5. The van der Waals surface area contributed by atoms with Crippen LogP contribution in [0, 0.1) is 5.92 Å². The number of benzene rings is 1. The van der Waals surface area contributed by atoms with Crippen molar-refractivity contribution in [3.05, 3.63) is 53.8 Å². The SMILES string of the molecule is CC(CC(O)C1C=CC(O)=CC1=NP(=O)(O)O)c1ccc(O)cc1. The molecule has 3 unspecified atom stereocenters. The molecule has 0 bridgehead atoms. The molecule has 0 fully saturated rings. The third kappa shape index (κ3) is 5.04. The number of aliphatic hydroxyl groups is 2. The summed E-state index contributed by atoms with van der Waals surface area (Å²) in [5.74, 6) is -0.812. The molecule has 3 atom stereocenters. The molecule has 130 valence electrons. The second-order valence-electron chi connectivity index (χ2n) is 5.79. The van der Waals surface area contributed by atoms with Crippen molar-refractivity contribution in [2.45, 2.75) is 25.4 Å². The average Bonchev–Trinajstić information content (AvgIpc) is 2.46. The zero-order valence-electron chi connectivity index (χ0n) is 13.0. The number of aliphatic hydroxyl groups excluding tert-OH is 2. The highest BCUT2D eigenvalue weighted by molar-refractivity contribution is 7.50. The number of hydrogen-bond donors (Lipinski definition) is 5. The summed E-state index contributed by atoms with van der Waals surface area (Å²) in [5, 5.41) is 29.3. The van der Waals surface area contributed by atoms with Crippen LogP contribution in [0.15, 0.2) is 53.0 Å². The number of nitrogens with zero attached hydrogens (tertiary/aromatic N) is 1. The van der Waals surface area contributed by atoms with Crippen LogP contribution in [0.25, 0.3) is 0 Å². The van der Waals surface area contributed by atoms with E-state index >= 15 is 0 Å². The lowest BCUT2D eigenvalue weighted by Gasteiger charge is -2.25. The van der Waals surface area contributed by atoms with Crippen molar-refractivity contribution in [1.82, 2.24) is 0 Å². The number of allylic oxidation sites excluding steroid dienone is 2. The molecule has 0 aromatic heterocycles. The van der Waals surface area contributed by atoms with Crippen molar-refractivity contribution in [1.29, 1.82) is 0 Å². The Kier molecular flexibility index (Phi) is 5.62. The van der Waals surface area contributed by atoms with Crippen LogP contribution in [0.3, 0.4) is 0 Å². The van der Waals surface area contributed by atoms with Crippen LogP contribution in [0.5, 0.6) is 5.75 Å². The monoisotopic (exact) mass is 353 g/mol. The van der Waals surface area contributed by atoms with Gasteiger partial charge in [-0.3, -0.25) is 0 Å². The molecule has 2 rings (SSSR count). The summed E-state index contributed by atoms with van der Waals surface area (Å²) >= 11 is 0. The topological polar surface area (TPSA) is 131 Å². The van der Waals surface area contributed by atoms with Gasteiger partial charge in [-0.25, -0.2) is 4.57 Å². The van der Waals surface area contributed by atoms with Crippen molar-refractivity contribution in [3.63, 3.8) is 0 Å². The predicted molar refractivity (Wildman–Crippen MR) is 90.0 cm³/mol. The maximum atomic E-state index is 11.1. The Labute approximate surface area is 139 Å². The highest BCUT2D eigenvalue weighted by Gasteiger charge is 2.28. The minimum absolute atomic E-state index is 0.0511. The van der Waals surface area contributed by atoms with Gasteiger partial charge in [-0.15, -0.1) is 0 Å². The van der Waals surface area contributed by atoms with E-state index in [1.165, 1.54) is 12.2 Å². The zero-order valence-corrected chi connectivity index (χ0v) is 13.9. The Morgan fingerprint density at radius 3 is 2.42 bits per heavy atom. The van der Waals surface area contributed by atoms with Crippen LogP contribution < -0.4 is 0 Å². The summed E-state index contributed by atoms with van der Waals surface area (Å²) in [6.45, 7) is 1.90. The van der Waals surface area contributed by atoms with E-state index in [9.17, 15) is 19.9 Å². The van der Waals surface area contributed by atoms with Crippen molar-refractivity contribution >= 4 is 13.5 Å². The molecule has 7 nitrogen and oxygen atoms in total. The van der Waals surface area contributed by atoms with Crippen LogP contribution in [0.4, 0.5) is 0 Å². The molecule has 1 aliphatic rings. The molecule has 8 heteroatoms. The normalized spacial score (nSPS) is 22.2. The molecule has 1 aliphatic carbocycles. The van der Waals surface area contributed by atoms with E-state index in [0.717, 1.165) is 11.6 Å². The summed E-state index contributed by atoms with van der Waals surface area (Å²) in [7, 11) is -4.68. The third-order valence-corrected chi connectivity index (χ3v) is 4.32. The molecule has 0 radical (unpaired) electrons. The first kappa shape index (κ1) is 18.4. The lowest BCUT2D eigenvalue weighted by Crippen LogP contribution is -2.28. The van der Waals surface area contributed by atoms with Crippen LogP contribution in [-0.4, -0.2) is 36.9 Å². The molecule has 0 saturated heterocycles. The highest BCUT2D eigenvalue weighted by atomic mass is 31.2. The predicted octanol–water partition coefficient (Wildman–Crippen LogP) is 2.41. The van der Waals surface area contributed by atoms with E-state index in [1.54, 1.807) is 24.3 Å². The van der Waals surface area contributed by atoms with Crippen molar-refractivity contribution in [2.75, 3.05) is 0 Å². The molecule has 0 aliphatic heterocycles. The highest BCUT2D eigenvalue weighted by Crippen LogP contribution is 2.39. The first-order valence-corrected chi connectivity index (χ1v) is 8.94. The summed E-state index contributed by atoms with van der Waals surface area (Å²) in [4.78, 5) is 18.0. The maximum absolute atomic E-state index is 11.1. The van der Waals surface area contributed by atoms with Gasteiger partial charge in [-0.1, -0.05) is 25.1 Å². The number of hydrogen-bond acceptors (Lipinski definition) is 4. The van der Waals surface area contributed by atoms with Crippen LogP contribution in [0.1, 0.15) is 24.8 Å². The fraction of sp³-hybridized carbons (Fsp3) is 0.312. The lowest BCUT2D eigenvalue weighted by atomic mass is 9.85. The summed E-state index contributed by atoms with van der Waals surface area (Å²) in [6, 6.07) is 6.61. The molecule has 1 aromatic carbocycles. The fourth-order valence-electron chi connectivity index (χ4n) is 2.62. The van der Waals surface area contributed by atoms with E-state index in [1.807, 2.05) is 6.92 Å². The van der Waals surface area contributed by atoms with Gasteiger partial charge in [0.15, 0.2) is 0 Å². The Morgan fingerprint density at radius 2 is 1.83 bits per heavy atom. The molecule has 0 spiro atoms. The van der Waals surface area contributed by atoms with E-state index in [2.05, 4.69) is 4.76 Å². The van der Waals surface area contributed by atoms with E-state index in [4.69, 9.17) is 9.79 Å². The summed E-state index contributed by atoms with van der Waals surface area (Å²) < 4.78 is 14.4. The first-order chi connectivity index (χ1) is 11.2. The Morgan fingerprint density at radius 1 is 1.21 bits per heavy atom. The molecule has 0 saturated carbocycles. The second kappa shape index (κ2) is 7.32. The van der Waals surface area contributed by atoms with Crippen LogP contribution in [-0.2, 0) is 4.57 Å². The van der Waals surface area contributed by atoms with Gasteiger partial charge in [-0.2, -0.15) is 4.76 Å². The standard InChI is InChI=1S/C16H20NO6P/c1-10(11-2-4-12(18)5-3-11)8-16(20)14-7-6-13(19)9-15(14)17-24(21,22)23/h2-7,9-10,14,16,18-20H,8H2,1H3,(H2,21,22,23). The summed E-state index contributed by atoms with van der Waals surface area (Å²) in [6.07, 6.45) is 3.34. The average molecular weight is 353 g/mol. The van der Waals surface area contributed by atoms with Crippen LogP contribution >= 0.6 is 7.75 Å². The molecule has 1 aromatic rings. The van der Waals surface area contributed by atoms with Gasteiger partial charge >= 0.3 is 7.75 Å². The van der Waals surface area contributed by atoms with Gasteiger partial charge in [0, 0.05) is 12.0 Å². The van der Waals surface area contributed by atoms with Crippen molar-refractivity contribution in [3.8, 4) is 5.75 Å². The molecular weight excluding hydrogens is 333 g/mol. The van der Waals surface area contributed by atoms with Crippen molar-refractivity contribution in [2.24, 2.45) is 10.7 Å². The van der Waals surface area contributed by atoms with Gasteiger partial charge in [0.05, 0.1) is 11.8 Å². The minimum Gasteiger partial charge on any atom is -0.508 e. The van der Waals surface area contributed by atoms with Gasteiger partial charge < -0.3 is 25.1 Å². The largest absolute Gasteiger partial charge is 0.508 e. The zero-order chi connectivity index (χ0) is 17.9. The number of aromatic hydroxyl groups is 1. The molecular formula is C16H20NO6P. The smallest absolute Gasteiger partial charge is 0.448 e. The maximum Gasteiger partial charge on any atom is 0.448 e. The second-order valence-corrected chi connectivity index (χ2v) is 7.01. The molecule has 24 heavy (non-hydrogen) atoms. The van der Waals surface area contributed by atoms with E-state index in [-0.39, 0.29) is 23.1 Å². The summed E-state index contributed by atoms with van der Waals surface area (Å²) in [5.41, 5.74) is 0.854. The van der Waals surface area contributed by atoms with Gasteiger partial charge in [-0.05, 0) is 36.1 Å². The van der Waals surface area contributed by atoms with Gasteiger partial charge in [0.2, 0.25) is 0 Å². The molecule has 0 heterocycles. The Bertz CT molecular complexity index is 719. The number of phenols is 1. The van der Waals surface area contributed by atoms with Gasteiger partial charge in [0.1, 0.15) is 11.5 Å². The van der Waals surface area contributed by atoms with Gasteiger partial charge in [0.25, 0.3) is 0 Å². The fourth-order valence-corrected chi connectivity index (χ4v) is 3.11. The molecule has 0 amide bonds. The third-order valence-electron chi connectivity index (χ3n) is 3.83. The Balaban J connectivity index is 2.16. The molecule has 5 N–H and O–H groups in total. The van der Waals surface area contributed by atoms with Crippen molar-refractivity contribution < 1.29 is 29.7 Å². The van der Waals surface area contributed by atoms with E-state index in [0.29, 0.717) is 6.42 Å². The minimum atomic E-state index is -4.68. The number of phenolic OH excluding ortho intramolecular Hbond substituents is 1. The first-order valence-electron chi connectivity index (χ1n) is 7.37. The van der Waals surface area contributed by atoms with Crippen LogP contribution in [0.2, 0.25) is 0 Å². The quantitative estimate of drug-likeness (QED) is 0.517. The lowest BCUT2D eigenvalue weighted by molar-refractivity contribution is 0.138.